The number of rotatable bonds is 5. The van der Waals surface area contributed by atoms with Gasteiger partial charge in [-0.05, 0) is 46.7 Å². The van der Waals surface area contributed by atoms with E-state index in [1.807, 2.05) is 7.05 Å². The van der Waals surface area contributed by atoms with Crippen molar-refractivity contribution < 1.29 is 4.74 Å². The van der Waals surface area contributed by atoms with Gasteiger partial charge in [-0.15, -0.1) is 0 Å². The van der Waals surface area contributed by atoms with Crippen molar-refractivity contribution in [1.82, 2.24) is 10.2 Å². The molecule has 15 heavy (non-hydrogen) atoms. The largest absolute Gasteiger partial charge is 0.377 e. The molecule has 1 saturated heterocycles. The van der Waals surface area contributed by atoms with Gasteiger partial charge in [0.2, 0.25) is 0 Å². The summed E-state index contributed by atoms with van der Waals surface area (Å²) in [5.41, 5.74) is 0. The number of nitrogens with zero attached hydrogens (tertiary/aromatic N) is 1. The lowest BCUT2D eigenvalue weighted by Gasteiger charge is -2.22. The van der Waals surface area contributed by atoms with Crippen LogP contribution in [0.4, 0.5) is 0 Å². The van der Waals surface area contributed by atoms with E-state index in [0.717, 1.165) is 13.2 Å². The summed E-state index contributed by atoms with van der Waals surface area (Å²) in [6, 6.07) is 0.644. The van der Waals surface area contributed by atoms with Crippen LogP contribution in [-0.2, 0) is 4.74 Å². The van der Waals surface area contributed by atoms with E-state index in [1.165, 1.54) is 32.4 Å². The van der Waals surface area contributed by atoms with Gasteiger partial charge >= 0.3 is 0 Å². The minimum absolute atomic E-state index is 0.411. The fourth-order valence-corrected chi connectivity index (χ4v) is 2.05. The lowest BCUT2D eigenvalue weighted by Crippen LogP contribution is -2.32. The van der Waals surface area contributed by atoms with E-state index in [9.17, 15) is 0 Å². The molecule has 0 aromatic rings. The van der Waals surface area contributed by atoms with Crippen molar-refractivity contribution in [3.63, 3.8) is 0 Å². The zero-order chi connectivity index (χ0) is 11.1. The molecule has 0 aromatic heterocycles. The Hall–Kier alpha value is -0.120. The molecule has 3 nitrogen and oxygen atoms in total. The van der Waals surface area contributed by atoms with Crippen LogP contribution in [0.2, 0.25) is 0 Å². The zero-order valence-electron chi connectivity index (χ0n) is 10.5. The van der Waals surface area contributed by atoms with Crippen LogP contribution >= 0.6 is 0 Å². The second-order valence-electron chi connectivity index (χ2n) is 4.67. The molecule has 0 aromatic carbocycles. The molecule has 2 atom stereocenters. The molecule has 0 saturated carbocycles. The predicted octanol–water partition coefficient (Wildman–Crippen LogP) is 1.49. The summed E-state index contributed by atoms with van der Waals surface area (Å²) in [7, 11) is 2.03. The minimum Gasteiger partial charge on any atom is -0.377 e. The molecule has 0 aliphatic carbocycles. The molecule has 90 valence electrons. The number of hydrogen-bond donors (Lipinski definition) is 1. The van der Waals surface area contributed by atoms with Crippen molar-refractivity contribution in [2.45, 2.75) is 45.3 Å². The molecular formula is C12H26N2O. The summed E-state index contributed by atoms with van der Waals surface area (Å²) in [5.74, 6) is 0. The fraction of sp³-hybridized carbons (Fsp3) is 1.00. The highest BCUT2D eigenvalue weighted by Crippen LogP contribution is 2.07. The van der Waals surface area contributed by atoms with Crippen LogP contribution in [0.15, 0.2) is 0 Å². The SMILES string of the molecule is CNC(C)CCCN1CCCOC(C)C1. The van der Waals surface area contributed by atoms with E-state index in [2.05, 4.69) is 24.1 Å². The van der Waals surface area contributed by atoms with Crippen molar-refractivity contribution in [2.75, 3.05) is 33.3 Å². The van der Waals surface area contributed by atoms with Gasteiger partial charge in [-0.1, -0.05) is 0 Å². The summed E-state index contributed by atoms with van der Waals surface area (Å²) in [4.78, 5) is 2.54. The first-order valence-corrected chi connectivity index (χ1v) is 6.23. The van der Waals surface area contributed by atoms with Crippen molar-refractivity contribution in [3.05, 3.63) is 0 Å². The van der Waals surface area contributed by atoms with Crippen molar-refractivity contribution in [2.24, 2.45) is 0 Å². The van der Waals surface area contributed by atoms with E-state index in [1.54, 1.807) is 0 Å². The topological polar surface area (TPSA) is 24.5 Å². The smallest absolute Gasteiger partial charge is 0.0673 e. The Kier molecular flexibility index (Phi) is 6.22. The number of hydrogen-bond acceptors (Lipinski definition) is 3. The highest BCUT2D eigenvalue weighted by atomic mass is 16.5. The standard InChI is InChI=1S/C12H26N2O/c1-11(13-3)6-4-7-14-8-5-9-15-12(2)10-14/h11-13H,4-10H2,1-3H3. The highest BCUT2D eigenvalue weighted by molar-refractivity contribution is 4.68. The first-order valence-electron chi connectivity index (χ1n) is 6.23. The first-order chi connectivity index (χ1) is 7.22. The van der Waals surface area contributed by atoms with Crippen LogP contribution in [0.3, 0.4) is 0 Å². The molecule has 0 spiro atoms. The summed E-state index contributed by atoms with van der Waals surface area (Å²) in [5, 5.41) is 3.28. The molecule has 1 N–H and O–H groups in total. The molecule has 0 bridgehead atoms. The fourth-order valence-electron chi connectivity index (χ4n) is 2.05. The maximum absolute atomic E-state index is 5.63. The van der Waals surface area contributed by atoms with E-state index in [-0.39, 0.29) is 0 Å². The van der Waals surface area contributed by atoms with E-state index in [0.29, 0.717) is 12.1 Å². The Balaban J connectivity index is 2.13. The maximum atomic E-state index is 5.63. The lowest BCUT2D eigenvalue weighted by molar-refractivity contribution is 0.0675. The zero-order valence-corrected chi connectivity index (χ0v) is 10.5. The Morgan fingerprint density at radius 1 is 1.53 bits per heavy atom. The molecule has 1 heterocycles. The molecule has 1 aliphatic heterocycles. The van der Waals surface area contributed by atoms with E-state index in [4.69, 9.17) is 4.74 Å². The second-order valence-corrected chi connectivity index (χ2v) is 4.67. The molecule has 2 unspecified atom stereocenters. The second kappa shape index (κ2) is 7.20. The first kappa shape index (κ1) is 12.9. The third-order valence-electron chi connectivity index (χ3n) is 3.14. The third-order valence-corrected chi connectivity index (χ3v) is 3.14. The van der Waals surface area contributed by atoms with Gasteiger partial charge in [0.25, 0.3) is 0 Å². The van der Waals surface area contributed by atoms with Gasteiger partial charge in [0.05, 0.1) is 6.10 Å². The summed E-state index contributed by atoms with van der Waals surface area (Å²) < 4.78 is 5.63. The van der Waals surface area contributed by atoms with Gasteiger partial charge in [0.15, 0.2) is 0 Å². The molecular weight excluding hydrogens is 188 g/mol. The van der Waals surface area contributed by atoms with Crippen LogP contribution in [0.25, 0.3) is 0 Å². The van der Waals surface area contributed by atoms with Crippen LogP contribution in [-0.4, -0.2) is 50.3 Å². The molecule has 3 heteroatoms. The van der Waals surface area contributed by atoms with Crippen molar-refractivity contribution >= 4 is 0 Å². The Morgan fingerprint density at radius 2 is 2.33 bits per heavy atom. The highest BCUT2D eigenvalue weighted by Gasteiger charge is 2.14. The van der Waals surface area contributed by atoms with Gasteiger partial charge in [0.1, 0.15) is 0 Å². The normalized spacial score (nSPS) is 26.2. The van der Waals surface area contributed by atoms with Crippen LogP contribution in [0.5, 0.6) is 0 Å². The Bertz CT molecular complexity index is 164. The molecule has 1 aliphatic rings. The van der Waals surface area contributed by atoms with Gasteiger partial charge < -0.3 is 15.0 Å². The van der Waals surface area contributed by atoms with Crippen LogP contribution < -0.4 is 5.32 Å². The number of ether oxygens (including phenoxy) is 1. The predicted molar refractivity (Wildman–Crippen MR) is 64.2 cm³/mol. The molecule has 0 radical (unpaired) electrons. The average Bonchev–Trinajstić information content (AvgIpc) is 2.42. The maximum Gasteiger partial charge on any atom is 0.0673 e. The summed E-state index contributed by atoms with van der Waals surface area (Å²) >= 11 is 0. The van der Waals surface area contributed by atoms with Crippen LogP contribution in [0, 0.1) is 0 Å². The number of nitrogens with one attached hydrogen (secondary N) is 1. The molecule has 1 fully saturated rings. The Labute approximate surface area is 94.2 Å². The molecule has 0 amide bonds. The Morgan fingerprint density at radius 3 is 3.07 bits per heavy atom. The van der Waals surface area contributed by atoms with Gasteiger partial charge in [-0.25, -0.2) is 0 Å². The summed E-state index contributed by atoms with van der Waals surface area (Å²) in [6.45, 7) is 8.89. The monoisotopic (exact) mass is 214 g/mol. The van der Waals surface area contributed by atoms with Crippen molar-refractivity contribution in [3.8, 4) is 0 Å². The average molecular weight is 214 g/mol. The third kappa shape index (κ3) is 5.50. The summed E-state index contributed by atoms with van der Waals surface area (Å²) in [6.07, 6.45) is 4.15. The quantitative estimate of drug-likeness (QED) is 0.750. The van der Waals surface area contributed by atoms with Crippen LogP contribution in [0.1, 0.15) is 33.1 Å². The van der Waals surface area contributed by atoms with E-state index >= 15 is 0 Å². The van der Waals surface area contributed by atoms with Gasteiger partial charge in [-0.2, -0.15) is 0 Å². The van der Waals surface area contributed by atoms with Crippen molar-refractivity contribution in [1.29, 1.82) is 0 Å². The molecule has 1 rings (SSSR count). The van der Waals surface area contributed by atoms with Gasteiger partial charge in [-0.3, -0.25) is 0 Å². The van der Waals surface area contributed by atoms with Gasteiger partial charge in [0, 0.05) is 25.7 Å². The minimum atomic E-state index is 0.411. The lowest BCUT2D eigenvalue weighted by atomic mass is 10.2. The van der Waals surface area contributed by atoms with E-state index < -0.39 is 0 Å².